The highest BCUT2D eigenvalue weighted by Crippen LogP contribution is 2.32. The average Bonchev–Trinajstić information content (AvgIpc) is 3.17. The van der Waals surface area contributed by atoms with Crippen LogP contribution in [0.1, 0.15) is 16.1 Å². The second kappa shape index (κ2) is 6.31. The summed E-state index contributed by atoms with van der Waals surface area (Å²) < 4.78 is 1.88. The van der Waals surface area contributed by atoms with Crippen molar-refractivity contribution in [3.05, 3.63) is 56.1 Å². The van der Waals surface area contributed by atoms with Crippen LogP contribution < -0.4 is 11.3 Å². The molecule has 0 unspecified atom stereocenters. The minimum atomic E-state index is -0.872. The van der Waals surface area contributed by atoms with E-state index in [1.807, 2.05) is 0 Å². The van der Waals surface area contributed by atoms with Crippen LogP contribution in [-0.2, 0) is 0 Å². The number of fused-ring (bicyclic) bond motifs is 2. The van der Waals surface area contributed by atoms with Crippen LogP contribution in [0.25, 0.3) is 15.9 Å². The van der Waals surface area contributed by atoms with Gasteiger partial charge < -0.3 is 10.7 Å². The molecule has 1 aromatic carbocycles. The number of nitro benzene ring substituents is 1. The molecule has 0 radical (unpaired) electrons. The molecule has 0 aliphatic rings. The third-order valence-electron chi connectivity index (χ3n) is 3.85. The van der Waals surface area contributed by atoms with Gasteiger partial charge in [-0.2, -0.15) is 5.10 Å². The number of nitro groups is 1. The number of nitrogens with two attached hydrogens (primary N) is 1. The number of primary amides is 1. The SMILES string of the molecule is Cc1nn2cc(C(N)=O)c(=O)[nH]c2c1N=Nc1nc2ccc([N+](=O)[O-])cc2s1. The number of aryl methyl sites for hydroxylation is 1. The van der Waals surface area contributed by atoms with Gasteiger partial charge in [0.15, 0.2) is 11.3 Å². The van der Waals surface area contributed by atoms with Crippen molar-refractivity contribution < 1.29 is 9.72 Å². The van der Waals surface area contributed by atoms with Gasteiger partial charge in [0.25, 0.3) is 17.2 Å². The van der Waals surface area contributed by atoms with Gasteiger partial charge in [-0.25, -0.2) is 9.50 Å². The first-order valence-electron chi connectivity index (χ1n) is 7.72. The van der Waals surface area contributed by atoms with Crippen LogP contribution in [0.15, 0.2) is 39.4 Å². The Labute approximate surface area is 158 Å². The number of thiazole rings is 1. The summed E-state index contributed by atoms with van der Waals surface area (Å²) in [4.78, 5) is 40.4. The number of rotatable bonds is 4. The summed E-state index contributed by atoms with van der Waals surface area (Å²) in [7, 11) is 0. The summed E-state index contributed by atoms with van der Waals surface area (Å²) in [6.45, 7) is 1.66. The summed E-state index contributed by atoms with van der Waals surface area (Å²) in [5.74, 6) is -0.872. The van der Waals surface area contributed by atoms with Gasteiger partial charge in [-0.15, -0.1) is 10.2 Å². The van der Waals surface area contributed by atoms with E-state index in [1.54, 1.807) is 6.92 Å². The maximum Gasteiger partial charge on any atom is 0.270 e. The molecule has 4 aromatic rings. The van der Waals surface area contributed by atoms with E-state index in [9.17, 15) is 19.7 Å². The van der Waals surface area contributed by atoms with Gasteiger partial charge in [0.05, 0.1) is 20.8 Å². The molecule has 140 valence electrons. The van der Waals surface area contributed by atoms with Gasteiger partial charge in [0.1, 0.15) is 5.56 Å². The largest absolute Gasteiger partial charge is 0.365 e. The second-order valence-electron chi connectivity index (χ2n) is 5.69. The first kappa shape index (κ1) is 17.4. The number of carbonyl (C=O) groups excluding carboxylic acids is 1. The molecule has 0 atom stereocenters. The number of nitrogens with one attached hydrogen (secondary N) is 1. The maximum atomic E-state index is 12.0. The van der Waals surface area contributed by atoms with Gasteiger partial charge in [0.2, 0.25) is 5.13 Å². The predicted octanol–water partition coefficient (Wildman–Crippen LogP) is 2.36. The summed E-state index contributed by atoms with van der Waals surface area (Å²) in [6, 6.07) is 4.31. The van der Waals surface area contributed by atoms with Gasteiger partial charge >= 0.3 is 0 Å². The Morgan fingerprint density at radius 2 is 2.18 bits per heavy atom. The number of nitrogens with zero attached hydrogens (tertiary/aromatic N) is 6. The lowest BCUT2D eigenvalue weighted by atomic mass is 10.3. The van der Waals surface area contributed by atoms with E-state index in [0.29, 0.717) is 21.6 Å². The van der Waals surface area contributed by atoms with Crippen molar-refractivity contribution in [3.63, 3.8) is 0 Å². The van der Waals surface area contributed by atoms with Crippen molar-refractivity contribution in [1.82, 2.24) is 19.6 Å². The Hall–Kier alpha value is -4.00. The number of carbonyl (C=O) groups is 1. The second-order valence-corrected chi connectivity index (χ2v) is 6.70. The van der Waals surface area contributed by atoms with Crippen molar-refractivity contribution >= 4 is 49.6 Å². The van der Waals surface area contributed by atoms with E-state index < -0.39 is 16.4 Å². The van der Waals surface area contributed by atoms with Crippen LogP contribution in [0.4, 0.5) is 16.5 Å². The molecule has 3 heterocycles. The molecule has 13 heteroatoms. The highest BCUT2D eigenvalue weighted by molar-refractivity contribution is 7.21. The molecule has 4 rings (SSSR count). The van der Waals surface area contributed by atoms with E-state index in [1.165, 1.54) is 28.9 Å². The third kappa shape index (κ3) is 2.88. The Morgan fingerprint density at radius 3 is 2.89 bits per heavy atom. The maximum absolute atomic E-state index is 12.0. The summed E-state index contributed by atoms with van der Waals surface area (Å²) >= 11 is 1.14. The number of benzene rings is 1. The number of aromatic amines is 1. The Kier molecular flexibility index (Phi) is 3.93. The quantitative estimate of drug-likeness (QED) is 0.303. The molecule has 0 aliphatic carbocycles. The number of amides is 1. The molecule has 3 N–H and O–H groups in total. The monoisotopic (exact) mass is 398 g/mol. The van der Waals surface area contributed by atoms with Gasteiger partial charge in [0, 0.05) is 18.3 Å². The first-order chi connectivity index (χ1) is 13.3. The van der Waals surface area contributed by atoms with Gasteiger partial charge in [-0.05, 0) is 13.0 Å². The molecule has 0 aliphatic heterocycles. The van der Waals surface area contributed by atoms with E-state index in [2.05, 4.69) is 25.3 Å². The van der Waals surface area contributed by atoms with Crippen molar-refractivity contribution in [2.75, 3.05) is 0 Å². The zero-order valence-corrected chi connectivity index (χ0v) is 14.9. The van der Waals surface area contributed by atoms with Gasteiger partial charge in [-0.3, -0.25) is 19.7 Å². The topological polar surface area (TPSA) is 174 Å². The molecule has 0 saturated carbocycles. The van der Waals surface area contributed by atoms with E-state index in [0.717, 1.165) is 11.3 Å². The normalized spacial score (nSPS) is 11.6. The summed E-state index contributed by atoms with van der Waals surface area (Å²) in [6.07, 6.45) is 1.22. The lowest BCUT2D eigenvalue weighted by Gasteiger charge is -1.96. The highest BCUT2D eigenvalue weighted by Gasteiger charge is 2.15. The molecule has 0 saturated heterocycles. The Morgan fingerprint density at radius 1 is 1.39 bits per heavy atom. The number of hydrogen-bond donors (Lipinski definition) is 2. The fourth-order valence-corrected chi connectivity index (χ4v) is 3.37. The van der Waals surface area contributed by atoms with Crippen molar-refractivity contribution in [3.8, 4) is 0 Å². The highest BCUT2D eigenvalue weighted by atomic mass is 32.1. The molecular formula is C15H10N8O4S. The lowest BCUT2D eigenvalue weighted by Crippen LogP contribution is -2.24. The van der Waals surface area contributed by atoms with Crippen molar-refractivity contribution in [1.29, 1.82) is 0 Å². The number of azo groups is 1. The van der Waals surface area contributed by atoms with E-state index in [-0.39, 0.29) is 22.0 Å². The summed E-state index contributed by atoms with van der Waals surface area (Å²) in [5.41, 5.74) is 5.77. The van der Waals surface area contributed by atoms with Crippen molar-refractivity contribution in [2.24, 2.45) is 16.0 Å². The zero-order chi connectivity index (χ0) is 20.0. The fraction of sp³-hybridized carbons (Fsp3) is 0.0667. The molecule has 12 nitrogen and oxygen atoms in total. The predicted molar refractivity (Wildman–Crippen MR) is 99.5 cm³/mol. The van der Waals surface area contributed by atoms with E-state index in [4.69, 9.17) is 5.73 Å². The van der Waals surface area contributed by atoms with Crippen LogP contribution in [0.2, 0.25) is 0 Å². The van der Waals surface area contributed by atoms with Crippen molar-refractivity contribution in [2.45, 2.75) is 6.92 Å². The standard InChI is InChI=1S/C15H10N8O4S/c1-6-11(13-18-14(25)8(12(16)24)5-22(13)21-6)19-20-15-17-9-3-2-7(23(26)27)4-10(9)28-15/h2-5H,1H3,(H2,16,24)(H,18,25). The molecule has 1 amide bonds. The average molecular weight is 398 g/mol. The van der Waals surface area contributed by atoms with Gasteiger partial charge in [-0.1, -0.05) is 11.3 Å². The molecule has 0 bridgehead atoms. The zero-order valence-electron chi connectivity index (χ0n) is 14.1. The Bertz CT molecular complexity index is 1370. The van der Waals surface area contributed by atoms with Crippen LogP contribution >= 0.6 is 11.3 Å². The number of H-pyrrole nitrogens is 1. The third-order valence-corrected chi connectivity index (χ3v) is 4.76. The van der Waals surface area contributed by atoms with Crippen LogP contribution in [0.3, 0.4) is 0 Å². The number of non-ortho nitro benzene ring substituents is 1. The number of hydrogen-bond acceptors (Lipinski definition) is 9. The fourth-order valence-electron chi connectivity index (χ4n) is 2.55. The minimum absolute atomic E-state index is 0.0408. The molecule has 28 heavy (non-hydrogen) atoms. The smallest absolute Gasteiger partial charge is 0.270 e. The minimum Gasteiger partial charge on any atom is -0.365 e. The first-order valence-corrected chi connectivity index (χ1v) is 8.54. The molecule has 0 spiro atoms. The molecular weight excluding hydrogens is 388 g/mol. The van der Waals surface area contributed by atoms with Crippen LogP contribution in [0, 0.1) is 17.0 Å². The summed E-state index contributed by atoms with van der Waals surface area (Å²) in [5, 5.41) is 23.5. The molecule has 3 aromatic heterocycles. The number of aromatic nitrogens is 4. The van der Waals surface area contributed by atoms with E-state index >= 15 is 0 Å². The van der Waals surface area contributed by atoms with Crippen LogP contribution in [-0.4, -0.2) is 30.4 Å². The Balaban J connectivity index is 1.76. The lowest BCUT2D eigenvalue weighted by molar-refractivity contribution is -0.384. The van der Waals surface area contributed by atoms with Crippen LogP contribution in [0.5, 0.6) is 0 Å². The molecule has 0 fully saturated rings.